The highest BCUT2D eigenvalue weighted by Gasteiger charge is 2.38. The Morgan fingerprint density at radius 3 is 2.53 bits per heavy atom. The first-order valence-corrected chi connectivity index (χ1v) is 6.76. The molecule has 0 spiro atoms. The van der Waals surface area contributed by atoms with Crippen LogP contribution in [0.25, 0.3) is 0 Å². The second kappa shape index (κ2) is 5.65. The van der Waals surface area contributed by atoms with Gasteiger partial charge in [0.05, 0.1) is 24.9 Å². The van der Waals surface area contributed by atoms with E-state index < -0.39 is 0 Å². The quantitative estimate of drug-likeness (QED) is 0.775. The predicted molar refractivity (Wildman–Crippen MR) is 66.0 cm³/mol. The average Bonchev–Trinajstić information content (AvgIpc) is 2.78. The van der Waals surface area contributed by atoms with Gasteiger partial charge < -0.3 is 19.9 Å². The van der Waals surface area contributed by atoms with E-state index >= 15 is 0 Å². The smallest absolute Gasteiger partial charge is 0.0700 e. The van der Waals surface area contributed by atoms with Crippen molar-refractivity contribution in [2.24, 2.45) is 0 Å². The number of ether oxygens (including phenoxy) is 2. The number of nitrogens with one attached hydrogen (secondary N) is 1. The molecule has 100 valence electrons. The molecule has 0 saturated carbocycles. The molecular weight excluding hydrogens is 218 g/mol. The maximum Gasteiger partial charge on any atom is 0.0700 e. The maximum absolute atomic E-state index is 9.69. The average molecular weight is 243 g/mol. The number of hydrogen-bond acceptors (Lipinski definition) is 4. The molecule has 0 radical (unpaired) electrons. The molecule has 2 aliphatic rings. The summed E-state index contributed by atoms with van der Waals surface area (Å²) in [5.74, 6) is 0. The van der Waals surface area contributed by atoms with Gasteiger partial charge >= 0.3 is 0 Å². The van der Waals surface area contributed by atoms with Crippen LogP contribution in [-0.4, -0.2) is 48.7 Å². The van der Waals surface area contributed by atoms with E-state index in [2.05, 4.69) is 19.2 Å². The SMILES string of the molecule is CC1CC(CO)(NCC2CCCO2)CC(C)O1. The molecule has 0 aromatic rings. The van der Waals surface area contributed by atoms with Gasteiger partial charge in [0.15, 0.2) is 0 Å². The van der Waals surface area contributed by atoms with Crippen molar-refractivity contribution in [3.63, 3.8) is 0 Å². The van der Waals surface area contributed by atoms with Gasteiger partial charge in [-0.25, -0.2) is 0 Å². The summed E-state index contributed by atoms with van der Waals surface area (Å²) >= 11 is 0. The van der Waals surface area contributed by atoms with Gasteiger partial charge in [-0.3, -0.25) is 0 Å². The third-order valence-corrected chi connectivity index (χ3v) is 3.85. The maximum atomic E-state index is 9.69. The van der Waals surface area contributed by atoms with Crippen LogP contribution < -0.4 is 5.32 Å². The lowest BCUT2D eigenvalue weighted by Crippen LogP contribution is -2.57. The van der Waals surface area contributed by atoms with E-state index in [1.54, 1.807) is 0 Å². The Morgan fingerprint density at radius 1 is 1.29 bits per heavy atom. The van der Waals surface area contributed by atoms with Crippen molar-refractivity contribution in [3.8, 4) is 0 Å². The van der Waals surface area contributed by atoms with E-state index in [0.717, 1.165) is 38.8 Å². The molecule has 2 N–H and O–H groups in total. The number of aliphatic hydroxyl groups is 1. The van der Waals surface area contributed by atoms with Gasteiger partial charge in [0.2, 0.25) is 0 Å². The van der Waals surface area contributed by atoms with Gasteiger partial charge in [0, 0.05) is 18.7 Å². The Kier molecular flexibility index (Phi) is 4.42. The summed E-state index contributed by atoms with van der Waals surface area (Å²) in [5.41, 5.74) is -0.178. The minimum absolute atomic E-state index is 0.178. The molecule has 0 bridgehead atoms. The Hall–Kier alpha value is -0.160. The van der Waals surface area contributed by atoms with Gasteiger partial charge in [-0.15, -0.1) is 0 Å². The highest BCUT2D eigenvalue weighted by Crippen LogP contribution is 2.28. The second-order valence-electron chi connectivity index (χ2n) is 5.62. The van der Waals surface area contributed by atoms with Crippen LogP contribution in [0.1, 0.15) is 39.5 Å². The first kappa shape index (κ1) is 13.3. The summed E-state index contributed by atoms with van der Waals surface area (Å²) in [6.07, 6.45) is 4.80. The van der Waals surface area contributed by atoms with Crippen LogP contribution in [-0.2, 0) is 9.47 Å². The van der Waals surface area contributed by atoms with Gasteiger partial charge in [-0.05, 0) is 39.5 Å². The summed E-state index contributed by atoms with van der Waals surface area (Å²) in [6, 6.07) is 0. The normalized spacial score (nSPS) is 42.9. The largest absolute Gasteiger partial charge is 0.394 e. The van der Waals surface area contributed by atoms with E-state index in [-0.39, 0.29) is 24.4 Å². The summed E-state index contributed by atoms with van der Waals surface area (Å²) in [5, 5.41) is 13.2. The number of hydrogen-bond donors (Lipinski definition) is 2. The molecule has 3 unspecified atom stereocenters. The lowest BCUT2D eigenvalue weighted by Gasteiger charge is -2.43. The van der Waals surface area contributed by atoms with Gasteiger partial charge in [0.25, 0.3) is 0 Å². The van der Waals surface area contributed by atoms with Crippen molar-refractivity contribution in [1.29, 1.82) is 0 Å². The molecule has 2 rings (SSSR count). The van der Waals surface area contributed by atoms with E-state index in [1.807, 2.05) is 0 Å². The molecule has 17 heavy (non-hydrogen) atoms. The van der Waals surface area contributed by atoms with Crippen molar-refractivity contribution >= 4 is 0 Å². The monoisotopic (exact) mass is 243 g/mol. The Morgan fingerprint density at radius 2 is 2.00 bits per heavy atom. The predicted octanol–water partition coefficient (Wildman–Crippen LogP) is 1.07. The van der Waals surface area contributed by atoms with Crippen LogP contribution in [0.2, 0.25) is 0 Å². The van der Waals surface area contributed by atoms with E-state index in [0.29, 0.717) is 6.10 Å². The van der Waals surface area contributed by atoms with Crippen LogP contribution in [0.5, 0.6) is 0 Å². The third kappa shape index (κ3) is 3.41. The Bertz CT molecular complexity index is 231. The molecule has 2 saturated heterocycles. The zero-order valence-corrected chi connectivity index (χ0v) is 10.9. The van der Waals surface area contributed by atoms with Crippen molar-refractivity contribution in [3.05, 3.63) is 0 Å². The van der Waals surface area contributed by atoms with Crippen molar-refractivity contribution in [1.82, 2.24) is 5.32 Å². The molecule has 0 amide bonds. The molecule has 2 aliphatic heterocycles. The molecule has 4 heteroatoms. The molecule has 0 aliphatic carbocycles. The van der Waals surface area contributed by atoms with Crippen LogP contribution in [0, 0.1) is 0 Å². The van der Waals surface area contributed by atoms with Gasteiger partial charge in [0.1, 0.15) is 0 Å². The summed E-state index contributed by atoms with van der Waals surface area (Å²) in [6.45, 7) is 6.06. The van der Waals surface area contributed by atoms with Gasteiger partial charge in [-0.2, -0.15) is 0 Å². The highest BCUT2D eigenvalue weighted by atomic mass is 16.5. The lowest BCUT2D eigenvalue weighted by atomic mass is 9.84. The third-order valence-electron chi connectivity index (χ3n) is 3.85. The number of rotatable bonds is 4. The van der Waals surface area contributed by atoms with E-state index in [4.69, 9.17) is 9.47 Å². The van der Waals surface area contributed by atoms with Crippen molar-refractivity contribution in [2.75, 3.05) is 19.8 Å². The van der Waals surface area contributed by atoms with E-state index in [9.17, 15) is 5.11 Å². The number of aliphatic hydroxyl groups excluding tert-OH is 1. The zero-order valence-electron chi connectivity index (χ0n) is 10.9. The van der Waals surface area contributed by atoms with Crippen LogP contribution >= 0.6 is 0 Å². The fourth-order valence-corrected chi connectivity index (χ4v) is 3.14. The molecule has 0 aromatic heterocycles. The standard InChI is InChI=1S/C13H25NO3/c1-10-6-13(9-15,7-11(2)17-10)14-8-12-4-3-5-16-12/h10-12,14-15H,3-9H2,1-2H3. The molecule has 2 heterocycles. The first-order chi connectivity index (χ1) is 8.13. The summed E-state index contributed by atoms with van der Waals surface area (Å²) in [4.78, 5) is 0. The van der Waals surface area contributed by atoms with Crippen molar-refractivity contribution < 1.29 is 14.6 Å². The highest BCUT2D eigenvalue weighted by molar-refractivity contribution is 4.95. The van der Waals surface area contributed by atoms with Crippen LogP contribution in [0.3, 0.4) is 0 Å². The second-order valence-corrected chi connectivity index (χ2v) is 5.62. The van der Waals surface area contributed by atoms with Crippen LogP contribution in [0.15, 0.2) is 0 Å². The molecule has 0 aromatic carbocycles. The first-order valence-electron chi connectivity index (χ1n) is 6.76. The fraction of sp³-hybridized carbons (Fsp3) is 1.00. The fourth-order valence-electron chi connectivity index (χ4n) is 3.14. The van der Waals surface area contributed by atoms with Crippen LogP contribution in [0.4, 0.5) is 0 Å². The topological polar surface area (TPSA) is 50.7 Å². The van der Waals surface area contributed by atoms with E-state index in [1.165, 1.54) is 0 Å². The molecular formula is C13H25NO3. The minimum atomic E-state index is -0.178. The zero-order chi connectivity index (χ0) is 12.3. The molecule has 3 atom stereocenters. The lowest BCUT2D eigenvalue weighted by molar-refractivity contribution is -0.0833. The van der Waals surface area contributed by atoms with Crippen molar-refractivity contribution in [2.45, 2.75) is 63.4 Å². The summed E-state index contributed by atoms with van der Waals surface area (Å²) < 4.78 is 11.3. The summed E-state index contributed by atoms with van der Waals surface area (Å²) in [7, 11) is 0. The Labute approximate surface area is 104 Å². The minimum Gasteiger partial charge on any atom is -0.394 e. The molecule has 2 fully saturated rings. The Balaban J connectivity index is 1.88. The molecule has 4 nitrogen and oxygen atoms in total. The van der Waals surface area contributed by atoms with Gasteiger partial charge in [-0.1, -0.05) is 0 Å².